The van der Waals surface area contributed by atoms with E-state index in [9.17, 15) is 31.4 Å². The van der Waals surface area contributed by atoms with Gasteiger partial charge >= 0.3 is 12.4 Å². The minimum atomic E-state index is -5.92. The summed E-state index contributed by atoms with van der Waals surface area (Å²) in [6, 6.07) is 7.64. The van der Waals surface area contributed by atoms with Gasteiger partial charge in [0.05, 0.1) is 10.0 Å². The lowest BCUT2D eigenvalue weighted by Gasteiger charge is -2.32. The first-order valence-electron chi connectivity index (χ1n) is 7.45. The van der Waals surface area contributed by atoms with Gasteiger partial charge in [-0.2, -0.15) is 26.3 Å². The SMILES string of the molecule is CC(Nc1ccc(C(O)(C(F)(F)F)C(F)(F)F)cc1)c1ccc(Cl)c(Cl)c1. The molecule has 1 unspecified atom stereocenters. The molecule has 2 N–H and O–H groups in total. The molecule has 2 aromatic rings. The maximum atomic E-state index is 12.9. The Kier molecular flexibility index (Phi) is 5.94. The van der Waals surface area contributed by atoms with Gasteiger partial charge in [-0.15, -0.1) is 0 Å². The van der Waals surface area contributed by atoms with E-state index >= 15 is 0 Å². The molecule has 0 fully saturated rings. The van der Waals surface area contributed by atoms with Gasteiger partial charge in [-0.1, -0.05) is 41.4 Å². The highest BCUT2D eigenvalue weighted by Crippen LogP contribution is 2.50. The minimum Gasteiger partial charge on any atom is -0.379 e. The Hall–Kier alpha value is -1.64. The Bertz CT molecular complexity index is 791. The Balaban J connectivity index is 2.27. The van der Waals surface area contributed by atoms with Gasteiger partial charge in [0.15, 0.2) is 0 Å². The van der Waals surface area contributed by atoms with Crippen molar-refractivity contribution in [2.24, 2.45) is 0 Å². The number of halogens is 8. The van der Waals surface area contributed by atoms with E-state index in [0.717, 1.165) is 12.1 Å². The number of nitrogens with one attached hydrogen (secondary N) is 1. The Morgan fingerprint density at radius 1 is 0.852 bits per heavy atom. The van der Waals surface area contributed by atoms with Crippen LogP contribution in [0.4, 0.5) is 32.0 Å². The van der Waals surface area contributed by atoms with Gasteiger partial charge in [-0.3, -0.25) is 0 Å². The van der Waals surface area contributed by atoms with E-state index in [4.69, 9.17) is 23.2 Å². The molecule has 148 valence electrons. The molecule has 0 spiro atoms. The molecule has 0 aliphatic rings. The zero-order chi connectivity index (χ0) is 20.6. The zero-order valence-electron chi connectivity index (χ0n) is 13.6. The Morgan fingerprint density at radius 2 is 1.37 bits per heavy atom. The fourth-order valence-corrected chi connectivity index (χ4v) is 2.72. The molecule has 10 heteroatoms. The topological polar surface area (TPSA) is 32.3 Å². The molecule has 0 amide bonds. The third-order valence-electron chi connectivity index (χ3n) is 3.95. The summed E-state index contributed by atoms with van der Waals surface area (Å²) in [6.07, 6.45) is -11.8. The van der Waals surface area contributed by atoms with Crippen molar-refractivity contribution in [1.29, 1.82) is 0 Å². The summed E-state index contributed by atoms with van der Waals surface area (Å²) in [7, 11) is 0. The molecular weight excluding hydrogens is 419 g/mol. The molecule has 0 aromatic heterocycles. The van der Waals surface area contributed by atoms with Crippen LogP contribution < -0.4 is 5.32 Å². The standard InChI is InChI=1S/C17H13Cl2F6NO/c1-9(10-2-7-13(18)14(19)8-10)26-12-5-3-11(4-6-12)15(27,16(20,21)22)17(23,24)25/h2-9,26-27H,1H3. The zero-order valence-corrected chi connectivity index (χ0v) is 15.1. The molecule has 2 rings (SSSR count). The van der Waals surface area contributed by atoms with Crippen LogP contribution in [0, 0.1) is 0 Å². The summed E-state index contributed by atoms with van der Waals surface area (Å²) in [6.45, 7) is 1.72. The maximum Gasteiger partial charge on any atom is 0.430 e. The average Bonchev–Trinajstić information content (AvgIpc) is 2.55. The number of hydrogen-bond donors (Lipinski definition) is 2. The van der Waals surface area contributed by atoms with Crippen LogP contribution in [0.2, 0.25) is 10.0 Å². The van der Waals surface area contributed by atoms with Gasteiger partial charge < -0.3 is 10.4 Å². The van der Waals surface area contributed by atoms with Crippen LogP contribution in [0.15, 0.2) is 42.5 Å². The third-order valence-corrected chi connectivity index (χ3v) is 4.69. The maximum absolute atomic E-state index is 12.9. The second-order valence-corrected chi connectivity index (χ2v) is 6.64. The monoisotopic (exact) mass is 431 g/mol. The van der Waals surface area contributed by atoms with Crippen molar-refractivity contribution in [2.45, 2.75) is 30.9 Å². The molecule has 2 aromatic carbocycles. The van der Waals surface area contributed by atoms with Gasteiger partial charge in [-0.05, 0) is 36.8 Å². The lowest BCUT2D eigenvalue weighted by atomic mass is 9.92. The van der Waals surface area contributed by atoms with E-state index < -0.39 is 23.5 Å². The third kappa shape index (κ3) is 4.28. The van der Waals surface area contributed by atoms with Crippen LogP contribution in [-0.4, -0.2) is 17.5 Å². The molecule has 0 saturated heterocycles. The fourth-order valence-electron chi connectivity index (χ4n) is 2.41. The minimum absolute atomic E-state index is 0.254. The highest BCUT2D eigenvalue weighted by molar-refractivity contribution is 6.42. The van der Waals surface area contributed by atoms with E-state index in [1.165, 1.54) is 0 Å². The lowest BCUT2D eigenvalue weighted by Crippen LogP contribution is -2.53. The highest BCUT2D eigenvalue weighted by Gasteiger charge is 2.71. The van der Waals surface area contributed by atoms with E-state index in [1.807, 2.05) is 0 Å². The van der Waals surface area contributed by atoms with Gasteiger partial charge in [-0.25, -0.2) is 0 Å². The number of rotatable bonds is 4. The van der Waals surface area contributed by atoms with Crippen LogP contribution in [0.5, 0.6) is 0 Å². The fraction of sp³-hybridized carbons (Fsp3) is 0.294. The molecule has 0 aliphatic carbocycles. The lowest BCUT2D eigenvalue weighted by molar-refractivity contribution is -0.376. The molecule has 27 heavy (non-hydrogen) atoms. The smallest absolute Gasteiger partial charge is 0.379 e. The van der Waals surface area contributed by atoms with Gasteiger partial charge in [0, 0.05) is 17.3 Å². The van der Waals surface area contributed by atoms with E-state index in [-0.39, 0.29) is 11.7 Å². The quantitative estimate of drug-likeness (QED) is 0.543. The van der Waals surface area contributed by atoms with E-state index in [2.05, 4.69) is 5.32 Å². The average molecular weight is 432 g/mol. The summed E-state index contributed by atoms with van der Waals surface area (Å²) >= 11 is 11.7. The molecule has 0 radical (unpaired) electrons. The molecular formula is C17H13Cl2F6NO. The van der Waals surface area contributed by atoms with Gasteiger partial charge in [0.1, 0.15) is 0 Å². The van der Waals surface area contributed by atoms with Crippen molar-refractivity contribution in [1.82, 2.24) is 0 Å². The first kappa shape index (κ1) is 21.7. The number of benzene rings is 2. The van der Waals surface area contributed by atoms with E-state index in [0.29, 0.717) is 27.7 Å². The molecule has 0 heterocycles. The molecule has 0 bridgehead atoms. The first-order chi connectivity index (χ1) is 12.3. The normalized spacial score (nSPS) is 14.1. The van der Waals surface area contributed by atoms with Crippen LogP contribution in [0.25, 0.3) is 0 Å². The highest BCUT2D eigenvalue weighted by atomic mass is 35.5. The molecule has 0 saturated carbocycles. The van der Waals surface area contributed by atoms with Crippen molar-refractivity contribution >= 4 is 28.9 Å². The van der Waals surface area contributed by atoms with Crippen LogP contribution >= 0.6 is 23.2 Å². The summed E-state index contributed by atoms with van der Waals surface area (Å²) in [5.74, 6) is 0. The number of anilines is 1. The van der Waals surface area contributed by atoms with Crippen molar-refractivity contribution in [3.8, 4) is 0 Å². The van der Waals surface area contributed by atoms with Crippen molar-refractivity contribution in [3.63, 3.8) is 0 Å². The predicted octanol–water partition coefficient (Wildman–Crippen LogP) is 6.48. The summed E-state index contributed by atoms with van der Waals surface area (Å²) < 4.78 is 77.3. The summed E-state index contributed by atoms with van der Waals surface area (Å²) in [5, 5.41) is 12.9. The molecule has 2 nitrogen and oxygen atoms in total. The Labute approximate surface area is 160 Å². The van der Waals surface area contributed by atoms with Crippen LogP contribution in [-0.2, 0) is 5.60 Å². The number of alkyl halides is 6. The second-order valence-electron chi connectivity index (χ2n) is 5.82. The second kappa shape index (κ2) is 7.41. The predicted molar refractivity (Wildman–Crippen MR) is 90.9 cm³/mol. The van der Waals surface area contributed by atoms with Gasteiger partial charge in [0.2, 0.25) is 0 Å². The molecule has 1 atom stereocenters. The molecule has 0 aliphatic heterocycles. The van der Waals surface area contributed by atoms with Crippen molar-refractivity contribution in [3.05, 3.63) is 63.6 Å². The van der Waals surface area contributed by atoms with Crippen LogP contribution in [0.1, 0.15) is 24.1 Å². The van der Waals surface area contributed by atoms with Crippen molar-refractivity contribution < 1.29 is 31.4 Å². The van der Waals surface area contributed by atoms with Gasteiger partial charge in [0.25, 0.3) is 5.60 Å². The number of hydrogen-bond acceptors (Lipinski definition) is 2. The number of aliphatic hydroxyl groups is 1. The van der Waals surface area contributed by atoms with E-state index in [1.54, 1.807) is 25.1 Å². The van der Waals surface area contributed by atoms with Crippen molar-refractivity contribution in [2.75, 3.05) is 5.32 Å². The first-order valence-corrected chi connectivity index (χ1v) is 8.21. The van der Waals surface area contributed by atoms with Crippen LogP contribution in [0.3, 0.4) is 0 Å². The Morgan fingerprint density at radius 3 is 1.81 bits per heavy atom. The largest absolute Gasteiger partial charge is 0.430 e. The summed E-state index contributed by atoms with van der Waals surface area (Å²) in [5.41, 5.74) is -5.32. The summed E-state index contributed by atoms with van der Waals surface area (Å²) in [4.78, 5) is 0.